The SMILES string of the molecule is CC(C)n1cc(S(=O)(=O)Nc2ccc(C(=O)N3CCCC3)cc2)cn1. The maximum Gasteiger partial charge on any atom is 0.265 e. The minimum Gasteiger partial charge on any atom is -0.339 e. The van der Waals surface area contributed by atoms with E-state index >= 15 is 0 Å². The van der Waals surface area contributed by atoms with Crippen molar-refractivity contribution in [3.8, 4) is 0 Å². The molecule has 2 heterocycles. The van der Waals surface area contributed by atoms with Gasteiger partial charge in [-0.15, -0.1) is 0 Å². The Labute approximate surface area is 147 Å². The number of hydrogen-bond donors (Lipinski definition) is 1. The highest BCUT2D eigenvalue weighted by Gasteiger charge is 2.20. The first-order valence-corrected chi connectivity index (χ1v) is 9.81. The van der Waals surface area contributed by atoms with Crippen molar-refractivity contribution in [1.29, 1.82) is 0 Å². The van der Waals surface area contributed by atoms with Crippen molar-refractivity contribution < 1.29 is 13.2 Å². The molecule has 25 heavy (non-hydrogen) atoms. The summed E-state index contributed by atoms with van der Waals surface area (Å²) in [4.78, 5) is 14.2. The summed E-state index contributed by atoms with van der Waals surface area (Å²) >= 11 is 0. The van der Waals surface area contributed by atoms with Crippen LogP contribution in [0.1, 0.15) is 43.1 Å². The Bertz CT molecular complexity index is 850. The van der Waals surface area contributed by atoms with E-state index in [2.05, 4.69) is 9.82 Å². The van der Waals surface area contributed by atoms with Gasteiger partial charge in [-0.2, -0.15) is 5.10 Å². The van der Waals surface area contributed by atoms with Gasteiger partial charge in [0.1, 0.15) is 4.90 Å². The van der Waals surface area contributed by atoms with Gasteiger partial charge in [0.25, 0.3) is 15.9 Å². The van der Waals surface area contributed by atoms with Crippen LogP contribution in [-0.2, 0) is 10.0 Å². The summed E-state index contributed by atoms with van der Waals surface area (Å²) in [5, 5.41) is 4.05. The van der Waals surface area contributed by atoms with Crippen molar-refractivity contribution in [3.63, 3.8) is 0 Å². The van der Waals surface area contributed by atoms with Crippen LogP contribution in [0.5, 0.6) is 0 Å². The molecule has 1 aliphatic rings. The van der Waals surface area contributed by atoms with E-state index in [9.17, 15) is 13.2 Å². The van der Waals surface area contributed by atoms with E-state index in [1.807, 2.05) is 18.7 Å². The molecule has 0 saturated carbocycles. The number of benzene rings is 1. The van der Waals surface area contributed by atoms with E-state index < -0.39 is 10.0 Å². The van der Waals surface area contributed by atoms with Gasteiger partial charge in [-0.1, -0.05) is 0 Å². The van der Waals surface area contributed by atoms with Crippen molar-refractivity contribution in [1.82, 2.24) is 14.7 Å². The average Bonchev–Trinajstić information content (AvgIpc) is 3.26. The van der Waals surface area contributed by atoms with Gasteiger partial charge < -0.3 is 4.90 Å². The molecular weight excluding hydrogens is 340 g/mol. The van der Waals surface area contributed by atoms with Crippen LogP contribution < -0.4 is 4.72 Å². The number of nitrogens with zero attached hydrogens (tertiary/aromatic N) is 3. The molecular formula is C17H22N4O3S. The Morgan fingerprint density at radius 2 is 1.80 bits per heavy atom. The molecule has 7 nitrogen and oxygen atoms in total. The Kier molecular flexibility index (Phi) is 4.80. The number of carbonyl (C=O) groups excluding carboxylic acids is 1. The van der Waals surface area contributed by atoms with Gasteiger partial charge in [0.15, 0.2) is 0 Å². The van der Waals surface area contributed by atoms with Gasteiger partial charge in [0.2, 0.25) is 0 Å². The lowest BCUT2D eigenvalue weighted by Gasteiger charge is -2.15. The number of amides is 1. The summed E-state index contributed by atoms with van der Waals surface area (Å²) in [7, 11) is -3.70. The van der Waals surface area contributed by atoms with Crippen molar-refractivity contribution in [2.45, 2.75) is 37.6 Å². The molecule has 1 aromatic carbocycles. The molecule has 0 aliphatic carbocycles. The average molecular weight is 362 g/mol. The van der Waals surface area contributed by atoms with Gasteiger partial charge in [0.05, 0.1) is 6.20 Å². The van der Waals surface area contributed by atoms with Crippen molar-refractivity contribution in [3.05, 3.63) is 42.2 Å². The van der Waals surface area contributed by atoms with Crippen molar-refractivity contribution in [2.24, 2.45) is 0 Å². The summed E-state index contributed by atoms with van der Waals surface area (Å²) in [5.41, 5.74) is 0.979. The number of rotatable bonds is 5. The predicted molar refractivity (Wildman–Crippen MR) is 95.0 cm³/mol. The van der Waals surface area contributed by atoms with Crippen LogP contribution in [-0.4, -0.2) is 42.1 Å². The quantitative estimate of drug-likeness (QED) is 0.886. The maximum absolute atomic E-state index is 12.4. The summed E-state index contributed by atoms with van der Waals surface area (Å²) < 4.78 is 29.0. The number of likely N-dealkylation sites (tertiary alicyclic amines) is 1. The molecule has 1 N–H and O–H groups in total. The molecule has 2 aromatic rings. The fraction of sp³-hybridized carbons (Fsp3) is 0.412. The second-order valence-corrected chi connectivity index (χ2v) is 8.11. The largest absolute Gasteiger partial charge is 0.339 e. The summed E-state index contributed by atoms with van der Waals surface area (Å²) in [6, 6.07) is 6.59. The molecule has 0 unspecified atom stereocenters. The van der Waals surface area contributed by atoms with Crippen LogP contribution in [0.2, 0.25) is 0 Å². The number of hydrogen-bond acceptors (Lipinski definition) is 4. The van der Waals surface area contributed by atoms with Crippen LogP contribution in [0.4, 0.5) is 5.69 Å². The van der Waals surface area contributed by atoms with Crippen molar-refractivity contribution in [2.75, 3.05) is 17.8 Å². The van der Waals surface area contributed by atoms with E-state index in [-0.39, 0.29) is 16.8 Å². The van der Waals surface area contributed by atoms with E-state index in [1.165, 1.54) is 12.4 Å². The lowest BCUT2D eigenvalue weighted by molar-refractivity contribution is 0.0793. The first-order chi connectivity index (χ1) is 11.9. The zero-order chi connectivity index (χ0) is 18.0. The first kappa shape index (κ1) is 17.5. The highest BCUT2D eigenvalue weighted by atomic mass is 32.2. The Morgan fingerprint density at radius 3 is 2.36 bits per heavy atom. The molecule has 0 bridgehead atoms. The predicted octanol–water partition coefficient (Wildman–Crippen LogP) is 2.50. The summed E-state index contributed by atoms with van der Waals surface area (Å²) in [6.07, 6.45) is 4.90. The molecule has 1 fully saturated rings. The lowest BCUT2D eigenvalue weighted by atomic mass is 10.2. The molecule has 1 aromatic heterocycles. The molecule has 8 heteroatoms. The molecule has 0 spiro atoms. The number of sulfonamides is 1. The number of nitrogens with one attached hydrogen (secondary N) is 1. The fourth-order valence-electron chi connectivity index (χ4n) is 2.74. The minimum absolute atomic E-state index is 0.00915. The van der Waals surface area contributed by atoms with Crippen LogP contribution in [0.25, 0.3) is 0 Å². The minimum atomic E-state index is -3.70. The third-order valence-corrected chi connectivity index (χ3v) is 5.53. The Hall–Kier alpha value is -2.35. The van der Waals surface area contributed by atoms with Gasteiger partial charge >= 0.3 is 0 Å². The highest BCUT2D eigenvalue weighted by Crippen LogP contribution is 2.19. The zero-order valence-corrected chi connectivity index (χ0v) is 15.2. The number of anilines is 1. The molecule has 3 rings (SSSR count). The second kappa shape index (κ2) is 6.87. The van der Waals surface area contributed by atoms with Gasteiger partial charge in [-0.25, -0.2) is 8.42 Å². The fourth-order valence-corrected chi connectivity index (χ4v) is 3.74. The van der Waals surface area contributed by atoms with E-state index in [0.29, 0.717) is 11.3 Å². The van der Waals surface area contributed by atoms with E-state index in [4.69, 9.17) is 0 Å². The van der Waals surface area contributed by atoms with E-state index in [1.54, 1.807) is 28.9 Å². The Balaban J connectivity index is 1.72. The van der Waals surface area contributed by atoms with Crippen LogP contribution in [0.15, 0.2) is 41.6 Å². The molecule has 1 aliphatic heterocycles. The zero-order valence-electron chi connectivity index (χ0n) is 14.3. The molecule has 1 saturated heterocycles. The highest BCUT2D eigenvalue weighted by molar-refractivity contribution is 7.92. The summed E-state index contributed by atoms with van der Waals surface area (Å²) in [6.45, 7) is 5.42. The number of aromatic nitrogens is 2. The third-order valence-electron chi connectivity index (χ3n) is 4.19. The van der Waals surface area contributed by atoms with Gasteiger partial charge in [-0.05, 0) is 51.0 Å². The smallest absolute Gasteiger partial charge is 0.265 e. The van der Waals surface area contributed by atoms with Gasteiger partial charge in [-0.3, -0.25) is 14.2 Å². The van der Waals surface area contributed by atoms with E-state index in [0.717, 1.165) is 25.9 Å². The summed E-state index contributed by atoms with van der Waals surface area (Å²) in [5.74, 6) is -0.00915. The third kappa shape index (κ3) is 3.84. The molecule has 0 atom stereocenters. The van der Waals surface area contributed by atoms with Gasteiger partial charge in [0, 0.05) is 36.6 Å². The van der Waals surface area contributed by atoms with Crippen LogP contribution in [0.3, 0.4) is 0 Å². The normalized spacial score (nSPS) is 14.9. The topological polar surface area (TPSA) is 84.3 Å². The maximum atomic E-state index is 12.4. The van der Waals surface area contributed by atoms with Crippen molar-refractivity contribution >= 4 is 21.6 Å². The van der Waals surface area contributed by atoms with Crippen LogP contribution in [0, 0.1) is 0 Å². The second-order valence-electron chi connectivity index (χ2n) is 6.43. The first-order valence-electron chi connectivity index (χ1n) is 8.33. The molecule has 134 valence electrons. The standard InChI is InChI=1S/C17H22N4O3S/c1-13(2)21-12-16(11-18-21)25(23,24)19-15-7-5-14(6-8-15)17(22)20-9-3-4-10-20/h5-8,11-13,19H,3-4,9-10H2,1-2H3. The van der Waals surface area contributed by atoms with Crippen LogP contribution >= 0.6 is 0 Å². The Morgan fingerprint density at radius 1 is 1.16 bits per heavy atom. The lowest BCUT2D eigenvalue weighted by Crippen LogP contribution is -2.27. The monoisotopic (exact) mass is 362 g/mol. The molecule has 0 radical (unpaired) electrons. The number of carbonyl (C=O) groups is 1. The molecule has 1 amide bonds.